The van der Waals surface area contributed by atoms with Crippen LogP contribution in [0.4, 0.5) is 9.59 Å². The lowest BCUT2D eigenvalue weighted by molar-refractivity contribution is -0.130. The molecule has 3 N–H and O–H groups in total. The molecule has 2 aromatic rings. The van der Waals surface area contributed by atoms with Crippen molar-refractivity contribution in [1.82, 2.24) is 20.9 Å². The molecular weight excluding hydrogens is 588 g/mol. The standard InChI is InChI=1S/C35H48N4O7/c1-24-12-14-28-21-27(24)22-36-31(40)29(15-13-25-9-6-5-7-10-25)37-32(41)30(38-33(42)46-35(2,3)4)17-20-45-34(43)39-18-8-11-26(23-39)16-19-44-28/h5-7,9-10,12,14,21,26,29-30H,8,11,13,15-20,22-23H2,1-4H3,(H,36,40)(H,37,41)(H,38,42)/t26?,29-,30-/m0/s1. The Kier molecular flexibility index (Phi) is 12.3. The van der Waals surface area contributed by atoms with Crippen molar-refractivity contribution in [2.24, 2.45) is 5.92 Å². The molecule has 1 fully saturated rings. The van der Waals surface area contributed by atoms with Crippen LogP contribution >= 0.6 is 0 Å². The monoisotopic (exact) mass is 636 g/mol. The number of benzene rings is 2. The lowest BCUT2D eigenvalue weighted by Gasteiger charge is -2.32. The third kappa shape index (κ3) is 11.0. The van der Waals surface area contributed by atoms with E-state index in [1.807, 2.05) is 55.5 Å². The number of alkyl carbamates (subject to hydrolysis) is 1. The highest BCUT2D eigenvalue weighted by atomic mass is 16.6. The lowest BCUT2D eigenvalue weighted by Crippen LogP contribution is -2.54. The number of amides is 4. The minimum atomic E-state index is -1.11. The summed E-state index contributed by atoms with van der Waals surface area (Å²) in [5.41, 5.74) is 2.14. The second-order valence-corrected chi connectivity index (χ2v) is 13.1. The number of nitrogens with zero attached hydrogens (tertiary/aromatic N) is 1. The largest absolute Gasteiger partial charge is 0.494 e. The number of rotatable bonds is 4. The zero-order valence-electron chi connectivity index (χ0n) is 27.4. The number of hydrogen-bond acceptors (Lipinski definition) is 7. The van der Waals surface area contributed by atoms with Gasteiger partial charge in [0.2, 0.25) is 11.8 Å². The number of carbonyl (C=O) groups is 4. The molecule has 2 aliphatic rings. The number of ether oxygens (including phenoxy) is 3. The Hall–Kier alpha value is -4.28. The maximum Gasteiger partial charge on any atom is 0.409 e. The van der Waals surface area contributed by atoms with Crippen molar-refractivity contribution in [1.29, 1.82) is 0 Å². The van der Waals surface area contributed by atoms with Crippen molar-refractivity contribution >= 4 is 24.0 Å². The molecule has 0 saturated carbocycles. The number of carbonyl (C=O) groups excluding carboxylic acids is 4. The van der Waals surface area contributed by atoms with Gasteiger partial charge in [0, 0.05) is 26.1 Å². The molecule has 1 saturated heterocycles. The van der Waals surface area contributed by atoms with Crippen LogP contribution in [0, 0.1) is 12.8 Å². The first-order valence-corrected chi connectivity index (χ1v) is 16.2. The zero-order valence-corrected chi connectivity index (χ0v) is 27.4. The summed E-state index contributed by atoms with van der Waals surface area (Å²) in [5.74, 6) is 0.0548. The van der Waals surface area contributed by atoms with Crippen molar-refractivity contribution in [3.63, 3.8) is 0 Å². The van der Waals surface area contributed by atoms with Crippen molar-refractivity contribution < 1.29 is 33.4 Å². The van der Waals surface area contributed by atoms with Gasteiger partial charge in [0.1, 0.15) is 23.4 Å². The Morgan fingerprint density at radius 1 is 1.00 bits per heavy atom. The number of aryl methyl sites for hydroxylation is 2. The number of piperidine rings is 1. The summed E-state index contributed by atoms with van der Waals surface area (Å²) < 4.78 is 17.0. The maximum absolute atomic E-state index is 13.7. The highest BCUT2D eigenvalue weighted by molar-refractivity contribution is 5.91. The van der Waals surface area contributed by atoms with Gasteiger partial charge in [-0.15, -0.1) is 0 Å². The molecule has 46 heavy (non-hydrogen) atoms. The predicted octanol–water partition coefficient (Wildman–Crippen LogP) is 4.64. The van der Waals surface area contributed by atoms with E-state index in [1.165, 1.54) is 0 Å². The Labute approximate surface area is 271 Å². The van der Waals surface area contributed by atoms with Crippen molar-refractivity contribution in [3.8, 4) is 5.75 Å². The second-order valence-electron chi connectivity index (χ2n) is 13.1. The van der Waals surface area contributed by atoms with Crippen LogP contribution in [0.15, 0.2) is 48.5 Å². The van der Waals surface area contributed by atoms with Crippen LogP contribution < -0.4 is 20.7 Å². The summed E-state index contributed by atoms with van der Waals surface area (Å²) in [5, 5.41) is 8.45. The van der Waals surface area contributed by atoms with Crippen LogP contribution in [0.2, 0.25) is 0 Å². The molecule has 4 amide bonds. The molecule has 2 aliphatic heterocycles. The van der Waals surface area contributed by atoms with E-state index in [1.54, 1.807) is 25.7 Å². The van der Waals surface area contributed by atoms with Gasteiger partial charge in [-0.3, -0.25) is 9.59 Å². The van der Waals surface area contributed by atoms with Crippen molar-refractivity contribution in [2.75, 3.05) is 26.3 Å². The summed E-state index contributed by atoms with van der Waals surface area (Å²) in [7, 11) is 0. The Balaban J connectivity index is 1.57. The Morgan fingerprint density at radius 3 is 2.52 bits per heavy atom. The molecular formula is C35H48N4O7. The summed E-state index contributed by atoms with van der Waals surface area (Å²) >= 11 is 0. The molecule has 250 valence electrons. The molecule has 0 radical (unpaired) electrons. The third-order valence-electron chi connectivity index (χ3n) is 8.18. The van der Waals surface area contributed by atoms with Crippen LogP contribution in [-0.4, -0.2) is 72.9 Å². The summed E-state index contributed by atoms with van der Waals surface area (Å²) in [4.78, 5) is 54.7. The van der Waals surface area contributed by atoms with Gasteiger partial charge in [0.05, 0.1) is 13.2 Å². The number of nitrogens with one attached hydrogen (secondary N) is 3. The Bertz CT molecular complexity index is 1340. The van der Waals surface area contributed by atoms with Gasteiger partial charge in [-0.2, -0.15) is 0 Å². The van der Waals surface area contributed by atoms with E-state index in [-0.39, 0.29) is 31.4 Å². The minimum Gasteiger partial charge on any atom is -0.494 e. The smallest absolute Gasteiger partial charge is 0.409 e. The van der Waals surface area contributed by atoms with E-state index in [2.05, 4.69) is 16.0 Å². The molecule has 11 nitrogen and oxygen atoms in total. The first-order valence-electron chi connectivity index (χ1n) is 16.2. The van der Waals surface area contributed by atoms with Gasteiger partial charge < -0.3 is 35.1 Å². The van der Waals surface area contributed by atoms with Crippen LogP contribution in [0.5, 0.6) is 5.75 Å². The fourth-order valence-corrected chi connectivity index (χ4v) is 5.61. The molecule has 3 atom stereocenters. The minimum absolute atomic E-state index is 0.000929. The average molecular weight is 637 g/mol. The first-order chi connectivity index (χ1) is 22.0. The van der Waals surface area contributed by atoms with Crippen LogP contribution in [0.3, 0.4) is 0 Å². The normalized spacial score (nSPS) is 22.0. The van der Waals surface area contributed by atoms with Crippen LogP contribution in [0.25, 0.3) is 0 Å². The van der Waals surface area contributed by atoms with E-state index in [9.17, 15) is 19.2 Å². The van der Waals surface area contributed by atoms with E-state index in [4.69, 9.17) is 14.2 Å². The van der Waals surface area contributed by atoms with Crippen molar-refractivity contribution in [3.05, 3.63) is 65.2 Å². The summed E-state index contributed by atoms with van der Waals surface area (Å²) in [6.07, 6.45) is 2.27. The fourth-order valence-electron chi connectivity index (χ4n) is 5.61. The van der Waals surface area contributed by atoms with E-state index < -0.39 is 35.8 Å². The third-order valence-corrected chi connectivity index (χ3v) is 8.18. The van der Waals surface area contributed by atoms with Gasteiger partial charge in [0.25, 0.3) is 0 Å². The predicted molar refractivity (Wildman–Crippen MR) is 173 cm³/mol. The second kappa shape index (κ2) is 16.3. The molecule has 11 heteroatoms. The van der Waals surface area contributed by atoms with Gasteiger partial charge in [-0.1, -0.05) is 36.4 Å². The summed E-state index contributed by atoms with van der Waals surface area (Å²) in [6.45, 7) is 8.96. The number of cyclic esters (lactones) is 1. The van der Waals surface area contributed by atoms with E-state index in [0.717, 1.165) is 36.0 Å². The molecule has 0 spiro atoms. The van der Waals surface area contributed by atoms with Gasteiger partial charge in [-0.05, 0) is 94.5 Å². The molecule has 0 aliphatic carbocycles. The molecule has 2 aromatic carbocycles. The molecule has 0 aromatic heterocycles. The van der Waals surface area contributed by atoms with Crippen LogP contribution in [0.1, 0.15) is 69.6 Å². The van der Waals surface area contributed by atoms with Gasteiger partial charge in [-0.25, -0.2) is 9.59 Å². The summed E-state index contributed by atoms with van der Waals surface area (Å²) in [6, 6.07) is 13.5. The Morgan fingerprint density at radius 2 is 1.76 bits per heavy atom. The zero-order chi connectivity index (χ0) is 33.1. The van der Waals surface area contributed by atoms with Crippen LogP contribution in [-0.2, 0) is 32.0 Å². The highest BCUT2D eigenvalue weighted by Crippen LogP contribution is 2.23. The maximum atomic E-state index is 13.7. The van der Waals surface area contributed by atoms with E-state index >= 15 is 0 Å². The number of fused-ring (bicyclic) bond motifs is 4. The quantitative estimate of drug-likeness (QED) is 0.445. The first kappa shape index (κ1) is 34.6. The molecule has 4 bridgehead atoms. The van der Waals surface area contributed by atoms with Gasteiger partial charge in [0.15, 0.2) is 0 Å². The molecule has 2 heterocycles. The molecule has 4 rings (SSSR count). The average Bonchev–Trinajstić information content (AvgIpc) is 3.01. The molecule has 1 unspecified atom stereocenters. The number of hydrogen-bond donors (Lipinski definition) is 3. The lowest BCUT2D eigenvalue weighted by atomic mass is 9.95. The SMILES string of the molecule is Cc1ccc2cc1CNC(=O)[C@H](CCc1ccccc1)NC(=O)[C@@H](NC(=O)OC(C)(C)C)CCOC(=O)N1CCCC(CCO2)C1. The highest BCUT2D eigenvalue weighted by Gasteiger charge is 2.30. The topological polar surface area (TPSA) is 135 Å². The van der Waals surface area contributed by atoms with Crippen molar-refractivity contribution in [2.45, 2.75) is 90.4 Å². The fraction of sp³-hybridized carbons (Fsp3) is 0.543. The van der Waals surface area contributed by atoms with Gasteiger partial charge >= 0.3 is 12.2 Å². The van der Waals surface area contributed by atoms with E-state index in [0.29, 0.717) is 38.3 Å².